The second-order valence-corrected chi connectivity index (χ2v) is 3.59. The van der Waals surface area contributed by atoms with Gasteiger partial charge in [-0.25, -0.2) is 5.84 Å². The van der Waals surface area contributed by atoms with Crippen molar-refractivity contribution in [3.05, 3.63) is 24.9 Å². The summed E-state index contributed by atoms with van der Waals surface area (Å²) in [4.78, 5) is 0. The lowest BCUT2D eigenvalue weighted by atomic mass is 9.91. The summed E-state index contributed by atoms with van der Waals surface area (Å²) >= 11 is 0. The van der Waals surface area contributed by atoms with Gasteiger partial charge >= 0.3 is 0 Å². The maximum absolute atomic E-state index is 5.84. The fraction of sp³-hybridized carbons (Fsp3) is 0.600. The molecule has 0 bridgehead atoms. The summed E-state index contributed by atoms with van der Waals surface area (Å²) in [6.45, 7) is 3.60. The van der Waals surface area contributed by atoms with Gasteiger partial charge < -0.3 is 10.7 Å². The van der Waals surface area contributed by atoms with Crippen molar-refractivity contribution in [2.75, 3.05) is 0 Å². The minimum atomic E-state index is 0.382. The molecule has 1 aliphatic rings. The molecule has 1 saturated carbocycles. The van der Waals surface area contributed by atoms with Crippen LogP contribution in [0.2, 0.25) is 0 Å². The van der Waals surface area contributed by atoms with Gasteiger partial charge in [0.2, 0.25) is 0 Å². The van der Waals surface area contributed by atoms with Gasteiger partial charge in [-0.05, 0) is 31.8 Å². The van der Waals surface area contributed by atoms with E-state index in [2.05, 4.69) is 6.58 Å². The molecule has 0 spiro atoms. The average molecular weight is 181 g/mol. The third-order valence-corrected chi connectivity index (χ3v) is 2.56. The molecular formula is C10H19N3. The molecular weight excluding hydrogens is 162 g/mol. The van der Waals surface area contributed by atoms with Gasteiger partial charge in [-0.15, -0.1) is 0 Å². The van der Waals surface area contributed by atoms with E-state index >= 15 is 0 Å². The predicted molar refractivity (Wildman–Crippen MR) is 55.6 cm³/mol. The van der Waals surface area contributed by atoms with Crippen molar-refractivity contribution < 1.29 is 0 Å². The first-order valence-electron chi connectivity index (χ1n) is 4.82. The summed E-state index contributed by atoms with van der Waals surface area (Å²) in [5, 5.41) is 1.77. The maximum atomic E-state index is 5.84. The van der Waals surface area contributed by atoms with E-state index in [1.807, 2.05) is 12.3 Å². The van der Waals surface area contributed by atoms with E-state index in [0.29, 0.717) is 12.1 Å². The van der Waals surface area contributed by atoms with Crippen molar-refractivity contribution in [2.24, 2.45) is 11.6 Å². The van der Waals surface area contributed by atoms with Crippen LogP contribution >= 0.6 is 0 Å². The lowest BCUT2D eigenvalue weighted by Gasteiger charge is -2.31. The van der Waals surface area contributed by atoms with E-state index in [9.17, 15) is 0 Å². The van der Waals surface area contributed by atoms with Crippen LogP contribution < -0.4 is 11.6 Å². The van der Waals surface area contributed by atoms with E-state index in [-0.39, 0.29) is 0 Å². The van der Waals surface area contributed by atoms with E-state index in [4.69, 9.17) is 11.6 Å². The minimum absolute atomic E-state index is 0.382. The molecule has 0 aromatic carbocycles. The van der Waals surface area contributed by atoms with Crippen LogP contribution in [0.15, 0.2) is 24.9 Å². The molecule has 0 aliphatic heterocycles. The fourth-order valence-electron chi connectivity index (χ4n) is 1.68. The molecule has 0 aromatic heterocycles. The summed E-state index contributed by atoms with van der Waals surface area (Å²) in [7, 11) is 0. The Morgan fingerprint density at radius 2 is 1.85 bits per heavy atom. The molecule has 3 nitrogen and oxygen atoms in total. The van der Waals surface area contributed by atoms with Crippen LogP contribution in [-0.2, 0) is 0 Å². The molecule has 0 unspecified atom stereocenters. The van der Waals surface area contributed by atoms with Gasteiger partial charge in [0.15, 0.2) is 0 Å². The fourth-order valence-corrected chi connectivity index (χ4v) is 1.68. The van der Waals surface area contributed by atoms with E-state index in [1.165, 1.54) is 0 Å². The molecule has 74 valence electrons. The number of rotatable bonds is 3. The van der Waals surface area contributed by atoms with Gasteiger partial charge in [-0.1, -0.05) is 12.7 Å². The Morgan fingerprint density at radius 3 is 2.38 bits per heavy atom. The zero-order valence-electron chi connectivity index (χ0n) is 8.02. The molecule has 4 N–H and O–H groups in total. The van der Waals surface area contributed by atoms with Gasteiger partial charge in [0.05, 0.1) is 0 Å². The highest BCUT2D eigenvalue weighted by molar-refractivity contribution is 4.97. The number of hydrogen-bond acceptors (Lipinski definition) is 3. The minimum Gasteiger partial charge on any atom is -0.328 e. The van der Waals surface area contributed by atoms with Crippen LogP contribution in [0.4, 0.5) is 0 Å². The standard InChI is InChI=1S/C10H19N3/c1-2-3-8-13(12)10-6-4-9(11)5-7-10/h2-3,8-10H,1,4-7,11-12H2/b8-3-/t9-,10+. The zero-order valence-corrected chi connectivity index (χ0v) is 8.02. The van der Waals surface area contributed by atoms with Crippen LogP contribution in [0.1, 0.15) is 25.7 Å². The SMILES string of the molecule is C=C/C=C\N(N)[C@H]1CC[C@@H](N)CC1. The number of hydrazine groups is 1. The second kappa shape index (κ2) is 5.04. The Balaban J connectivity index is 2.35. The lowest BCUT2D eigenvalue weighted by molar-refractivity contribution is 0.211. The quantitative estimate of drug-likeness (QED) is 0.390. The number of allylic oxidation sites excluding steroid dienone is 2. The van der Waals surface area contributed by atoms with Crippen molar-refractivity contribution in [2.45, 2.75) is 37.8 Å². The monoisotopic (exact) mass is 181 g/mol. The third-order valence-electron chi connectivity index (χ3n) is 2.56. The first-order valence-corrected chi connectivity index (χ1v) is 4.82. The molecule has 0 heterocycles. The van der Waals surface area contributed by atoms with Gasteiger partial charge in [-0.2, -0.15) is 0 Å². The first kappa shape index (κ1) is 10.3. The number of nitrogens with two attached hydrogens (primary N) is 2. The summed E-state index contributed by atoms with van der Waals surface area (Å²) in [5.41, 5.74) is 5.80. The van der Waals surface area contributed by atoms with Crippen molar-refractivity contribution in [1.29, 1.82) is 0 Å². The van der Waals surface area contributed by atoms with Gasteiger partial charge in [-0.3, -0.25) is 0 Å². The van der Waals surface area contributed by atoms with Crippen molar-refractivity contribution in [3.63, 3.8) is 0 Å². The summed E-state index contributed by atoms with van der Waals surface area (Å²) in [5.74, 6) is 5.84. The molecule has 0 radical (unpaired) electrons. The first-order chi connectivity index (χ1) is 6.24. The van der Waals surface area contributed by atoms with Crippen LogP contribution in [0, 0.1) is 0 Å². The maximum Gasteiger partial charge on any atom is 0.0446 e. The molecule has 13 heavy (non-hydrogen) atoms. The van der Waals surface area contributed by atoms with Crippen molar-refractivity contribution in [3.8, 4) is 0 Å². The number of nitrogens with zero attached hydrogens (tertiary/aromatic N) is 1. The normalized spacial score (nSPS) is 29.1. The predicted octanol–water partition coefficient (Wildman–Crippen LogP) is 1.13. The highest BCUT2D eigenvalue weighted by atomic mass is 15.4. The highest BCUT2D eigenvalue weighted by Crippen LogP contribution is 2.20. The van der Waals surface area contributed by atoms with Crippen molar-refractivity contribution in [1.82, 2.24) is 5.01 Å². The third kappa shape index (κ3) is 3.20. The zero-order chi connectivity index (χ0) is 9.68. The van der Waals surface area contributed by atoms with Crippen LogP contribution in [0.3, 0.4) is 0 Å². The molecule has 1 aliphatic carbocycles. The Labute approximate surface area is 80.0 Å². The molecule has 1 rings (SSSR count). The van der Waals surface area contributed by atoms with Gasteiger partial charge in [0.25, 0.3) is 0 Å². The second-order valence-electron chi connectivity index (χ2n) is 3.59. The van der Waals surface area contributed by atoms with Crippen LogP contribution in [0.25, 0.3) is 0 Å². The van der Waals surface area contributed by atoms with Crippen LogP contribution in [-0.4, -0.2) is 17.1 Å². The summed E-state index contributed by atoms with van der Waals surface area (Å²) < 4.78 is 0. The average Bonchev–Trinajstić information content (AvgIpc) is 2.15. The molecule has 1 fully saturated rings. The molecule has 0 saturated heterocycles. The molecule has 3 heteroatoms. The number of hydrogen-bond donors (Lipinski definition) is 2. The Morgan fingerprint density at radius 1 is 1.23 bits per heavy atom. The Bertz CT molecular complexity index is 181. The van der Waals surface area contributed by atoms with E-state index in [1.54, 1.807) is 11.1 Å². The molecule has 0 amide bonds. The smallest absolute Gasteiger partial charge is 0.0446 e. The highest BCUT2D eigenvalue weighted by Gasteiger charge is 2.20. The lowest BCUT2D eigenvalue weighted by Crippen LogP contribution is -2.41. The summed E-state index contributed by atoms with van der Waals surface area (Å²) in [6.07, 6.45) is 9.82. The van der Waals surface area contributed by atoms with E-state index in [0.717, 1.165) is 25.7 Å². The van der Waals surface area contributed by atoms with E-state index < -0.39 is 0 Å². The van der Waals surface area contributed by atoms with Gasteiger partial charge in [0.1, 0.15) is 0 Å². The van der Waals surface area contributed by atoms with Gasteiger partial charge in [0, 0.05) is 18.3 Å². The molecule has 0 aromatic rings. The van der Waals surface area contributed by atoms with Crippen LogP contribution in [0.5, 0.6) is 0 Å². The summed E-state index contributed by atoms with van der Waals surface area (Å²) in [6, 6.07) is 0.837. The van der Waals surface area contributed by atoms with Crippen molar-refractivity contribution >= 4 is 0 Å². The molecule has 0 atom stereocenters. The Kier molecular flexibility index (Phi) is 3.99. The Hall–Kier alpha value is -0.800. The largest absolute Gasteiger partial charge is 0.328 e. The topological polar surface area (TPSA) is 55.3 Å².